The fraction of sp³-hybridized carbons (Fsp3) is 0.611. The molecular formula is C90H129Cl5N10O18S4. The number of halogens is 5. The molecule has 0 aromatic heterocycles. The van der Waals surface area contributed by atoms with Crippen molar-refractivity contribution in [2.75, 3.05) is 156 Å². The molecule has 5 saturated heterocycles. The Bertz CT molecular complexity index is 5140. The summed E-state index contributed by atoms with van der Waals surface area (Å²) in [6.45, 7) is 34.6. The van der Waals surface area contributed by atoms with Crippen molar-refractivity contribution < 1.29 is 81.3 Å². The SMILES string of the molecule is CCOC(=O)N1CCC(CN)(c2ccc(Cl)c(C)c2)CC1.CCOC(=O)N1CCC(CNS(C)(=O)=O)(c2ccc(Cl)c(C)c2)CC1.CCOC(=O)N1CCC2(CC1)CN(S(C)(=O)=O)C(C)c1cc(Cl)c(C)cc12.CCOC(=O)N1CCC2(CC1)CN(S(C)(=O)=O)Cc1c2cc(C)c(Cl)c1C.CCOC(=O)N1CCC2(CC1)CN(S(C)(=O)=O)[C@H](C)c1cc(Cl)c(C)cc12. The molecule has 127 heavy (non-hydrogen) atoms. The molecule has 0 radical (unpaired) electrons. The van der Waals surface area contributed by atoms with E-state index in [0.29, 0.717) is 209 Å². The molecule has 5 amide bonds. The van der Waals surface area contributed by atoms with E-state index < -0.39 is 40.1 Å². The number of hydrogen-bond acceptors (Lipinski definition) is 19. The monoisotopic (exact) mass is 1940 g/mol. The van der Waals surface area contributed by atoms with Crippen molar-refractivity contribution in [1.82, 2.24) is 42.1 Å². The van der Waals surface area contributed by atoms with Crippen molar-refractivity contribution in [3.63, 3.8) is 0 Å². The molecule has 8 aliphatic heterocycles. The Morgan fingerprint density at radius 3 is 1.00 bits per heavy atom. The maximum absolute atomic E-state index is 12.5. The third kappa shape index (κ3) is 24.5. The summed E-state index contributed by atoms with van der Waals surface area (Å²) in [4.78, 5) is 68.5. The summed E-state index contributed by atoms with van der Waals surface area (Å²) >= 11 is 31.4. The Labute approximate surface area is 777 Å². The number of carbonyl (C=O) groups is 5. The minimum Gasteiger partial charge on any atom is -0.450 e. The molecule has 0 saturated carbocycles. The van der Waals surface area contributed by atoms with E-state index in [1.807, 2.05) is 98.7 Å². The van der Waals surface area contributed by atoms with Gasteiger partial charge in [-0.15, -0.1) is 0 Å². The van der Waals surface area contributed by atoms with Gasteiger partial charge in [-0.25, -0.2) is 62.4 Å². The standard InChI is InChI=1S/3C19H27ClN2O4S.C17H25ClN2O4S.C16H23ClN2O2/c1-5-26-18(23)21-8-6-19(7-9-21)12-22(27(4,24)25)11-15-14(3)17(20)13(2)10-16(15)19;2*1-5-26-18(23)21-8-6-19(7-9-21)12-22(27(4,24)25)14(3)15-11-17(20)13(2)10-16(15)19;1-4-24-16(21)20-9-7-17(8-10-20,12-19-25(3,22)23)14-5-6-15(18)13(2)11-14;1-3-21-15(20)19-8-6-16(11-18,7-9-19)13-4-5-14(17)12(2)10-13/h10H,5-9,11-12H2,1-4H3;2*10-11,14H,5-9,12H2,1-4H3;5-6,11,19H,4,7-10,12H2,1-3H3;4-5,10H,3,6-9,11,18H2,1-2H3/t;14-;;;/m.1.../s1. The molecule has 37 heteroatoms. The molecule has 3 spiro atoms. The van der Waals surface area contributed by atoms with E-state index in [0.717, 1.165) is 79.8 Å². The van der Waals surface area contributed by atoms with Gasteiger partial charge < -0.3 is 53.9 Å². The number of aryl methyl sites for hydroxylation is 5. The minimum absolute atomic E-state index is 0.0711. The first-order valence-corrected chi connectivity index (χ1v) is 52.8. The van der Waals surface area contributed by atoms with Gasteiger partial charge in [0.25, 0.3) is 0 Å². The molecule has 13 rings (SSSR count). The van der Waals surface area contributed by atoms with Gasteiger partial charge in [-0.2, -0.15) is 12.9 Å². The van der Waals surface area contributed by atoms with E-state index in [-0.39, 0.29) is 69.6 Å². The first kappa shape index (κ1) is 104. The second kappa shape index (κ2) is 43.0. The number of benzene rings is 5. The molecule has 5 aromatic rings. The highest BCUT2D eigenvalue weighted by atomic mass is 35.5. The summed E-state index contributed by atoms with van der Waals surface area (Å²) in [6, 6.07) is 21.5. The number of nitrogens with two attached hydrogens (primary N) is 1. The third-order valence-corrected chi connectivity index (χ3v) is 33.5. The molecule has 8 heterocycles. The highest BCUT2D eigenvalue weighted by molar-refractivity contribution is 7.89. The van der Waals surface area contributed by atoms with Crippen LogP contribution in [0.1, 0.15) is 203 Å². The lowest BCUT2D eigenvalue weighted by Gasteiger charge is -2.50. The van der Waals surface area contributed by atoms with Crippen LogP contribution < -0.4 is 10.5 Å². The normalized spacial score (nSPS) is 20.1. The highest BCUT2D eigenvalue weighted by Crippen LogP contribution is 2.52. The predicted molar refractivity (Wildman–Crippen MR) is 500 cm³/mol. The Morgan fingerprint density at radius 1 is 0.402 bits per heavy atom. The summed E-state index contributed by atoms with van der Waals surface area (Å²) in [5.41, 5.74) is 19.3. The molecule has 5 fully saturated rings. The number of likely N-dealkylation sites (tertiary alicyclic amines) is 5. The van der Waals surface area contributed by atoms with Crippen molar-refractivity contribution in [2.45, 2.75) is 200 Å². The van der Waals surface area contributed by atoms with Gasteiger partial charge >= 0.3 is 30.5 Å². The zero-order valence-electron chi connectivity index (χ0n) is 76.5. The molecule has 3 N–H and O–H groups in total. The number of ether oxygens (including phenoxy) is 5. The smallest absolute Gasteiger partial charge is 0.409 e. The fourth-order valence-electron chi connectivity index (χ4n) is 19.1. The van der Waals surface area contributed by atoms with Gasteiger partial charge in [0.2, 0.25) is 40.1 Å². The topological polar surface area (TPSA) is 332 Å². The minimum atomic E-state index is -3.37. The van der Waals surface area contributed by atoms with Crippen LogP contribution in [0.3, 0.4) is 0 Å². The molecule has 706 valence electrons. The zero-order valence-corrected chi connectivity index (χ0v) is 83.5. The second-order valence-electron chi connectivity index (χ2n) is 35.1. The largest absolute Gasteiger partial charge is 0.450 e. The number of amides is 5. The van der Waals surface area contributed by atoms with E-state index in [2.05, 4.69) is 35.1 Å². The Morgan fingerprint density at radius 2 is 0.701 bits per heavy atom. The number of fused-ring (bicyclic) bond motifs is 6. The number of nitrogens with zero attached hydrogens (tertiary/aromatic N) is 8. The Hall–Kier alpha value is -6.50. The number of hydrogen-bond donors (Lipinski definition) is 2. The van der Waals surface area contributed by atoms with Gasteiger partial charge in [0.05, 0.1) is 58.1 Å². The van der Waals surface area contributed by atoms with Crippen LogP contribution in [0, 0.1) is 41.5 Å². The van der Waals surface area contributed by atoms with E-state index in [1.165, 1.54) is 41.0 Å². The van der Waals surface area contributed by atoms with Crippen LogP contribution in [-0.4, -0.2) is 258 Å². The fourth-order valence-corrected chi connectivity index (χ4v) is 23.5. The van der Waals surface area contributed by atoms with Crippen LogP contribution in [0.25, 0.3) is 0 Å². The number of piperidine rings is 5. The van der Waals surface area contributed by atoms with Crippen LogP contribution in [-0.2, 0) is 97.4 Å². The number of sulfonamides is 4. The number of nitrogens with one attached hydrogen (secondary N) is 1. The van der Waals surface area contributed by atoms with Crippen molar-refractivity contribution >= 4 is 129 Å². The number of carbonyl (C=O) groups excluding carboxylic acids is 5. The van der Waals surface area contributed by atoms with Crippen molar-refractivity contribution in [3.05, 3.63) is 170 Å². The summed E-state index contributed by atoms with van der Waals surface area (Å²) in [6.07, 6.45) is 10.6. The lowest BCUT2D eigenvalue weighted by molar-refractivity contribution is 0.0764. The third-order valence-electron chi connectivity index (χ3n) is 26.8. The van der Waals surface area contributed by atoms with Crippen LogP contribution in [0.5, 0.6) is 0 Å². The maximum Gasteiger partial charge on any atom is 0.409 e. The molecule has 28 nitrogen and oxygen atoms in total. The van der Waals surface area contributed by atoms with E-state index >= 15 is 0 Å². The van der Waals surface area contributed by atoms with E-state index in [9.17, 15) is 57.6 Å². The summed E-state index contributed by atoms with van der Waals surface area (Å²) in [5, 5.41) is 3.45. The van der Waals surface area contributed by atoms with Gasteiger partial charge in [0.1, 0.15) is 0 Å². The molecule has 5 aromatic carbocycles. The molecule has 8 aliphatic rings. The van der Waals surface area contributed by atoms with Gasteiger partial charge in [-0.1, -0.05) is 100 Å². The molecule has 2 atom stereocenters. The van der Waals surface area contributed by atoms with Gasteiger partial charge in [-0.05, 0) is 256 Å². The summed E-state index contributed by atoms with van der Waals surface area (Å²) in [5.74, 6) is 0. The average Bonchev–Trinajstić information content (AvgIpc) is 0.734. The van der Waals surface area contributed by atoms with E-state index in [4.69, 9.17) is 87.4 Å². The van der Waals surface area contributed by atoms with Crippen LogP contribution in [0.15, 0.2) is 66.7 Å². The highest BCUT2D eigenvalue weighted by Gasteiger charge is 2.52. The molecule has 0 bridgehead atoms. The lowest BCUT2D eigenvalue weighted by Crippen LogP contribution is -2.54. The summed E-state index contributed by atoms with van der Waals surface area (Å²) < 4.78 is 131. The van der Waals surface area contributed by atoms with Crippen LogP contribution >= 0.6 is 58.0 Å². The Kier molecular flexibility index (Phi) is 35.3. The maximum atomic E-state index is 12.5. The number of rotatable bonds is 14. The average molecular weight is 1940 g/mol. The molecular weight excluding hydrogens is 1810 g/mol. The van der Waals surface area contributed by atoms with Gasteiger partial charge in [0.15, 0.2) is 0 Å². The first-order valence-electron chi connectivity index (χ1n) is 43.5. The zero-order chi connectivity index (χ0) is 94.1. The predicted octanol–water partition coefficient (Wildman–Crippen LogP) is 16.0. The van der Waals surface area contributed by atoms with Crippen molar-refractivity contribution in [3.8, 4) is 0 Å². The van der Waals surface area contributed by atoms with Crippen LogP contribution in [0.4, 0.5) is 24.0 Å². The summed E-state index contributed by atoms with van der Waals surface area (Å²) in [7, 11) is -13.4. The van der Waals surface area contributed by atoms with E-state index in [1.54, 1.807) is 65.1 Å². The molecule has 1 unspecified atom stereocenters. The second-order valence-corrected chi connectivity index (χ2v) is 44.8. The van der Waals surface area contributed by atoms with Gasteiger partial charge in [0, 0.05) is 169 Å². The first-order chi connectivity index (χ1) is 59.4. The van der Waals surface area contributed by atoms with Crippen LogP contribution in [0.2, 0.25) is 25.1 Å². The quantitative estimate of drug-likeness (QED) is 0.0975. The lowest BCUT2D eigenvalue weighted by atomic mass is 9.68. The van der Waals surface area contributed by atoms with Crippen molar-refractivity contribution in [1.29, 1.82) is 0 Å². The molecule has 0 aliphatic carbocycles. The van der Waals surface area contributed by atoms with Crippen molar-refractivity contribution in [2.24, 2.45) is 5.73 Å². The van der Waals surface area contributed by atoms with Gasteiger partial charge in [-0.3, -0.25) is 0 Å². The Balaban J connectivity index is 0.000000180.